The van der Waals surface area contributed by atoms with Gasteiger partial charge in [0.05, 0.1) is 18.6 Å². The van der Waals surface area contributed by atoms with E-state index in [0.29, 0.717) is 0 Å². The predicted octanol–water partition coefficient (Wildman–Crippen LogP) is 2.52. The molecule has 26 heavy (non-hydrogen) atoms. The second-order valence-electron chi connectivity index (χ2n) is 6.87. The molecule has 2 rings (SSSR count). The van der Waals surface area contributed by atoms with E-state index in [1.165, 1.54) is 30.2 Å². The van der Waals surface area contributed by atoms with Crippen molar-refractivity contribution in [1.82, 2.24) is 4.90 Å². The highest BCUT2D eigenvalue weighted by Crippen LogP contribution is 2.31. The van der Waals surface area contributed by atoms with Crippen LogP contribution in [0.4, 0.5) is 10.5 Å². The summed E-state index contributed by atoms with van der Waals surface area (Å²) in [6, 6.07) is 5.07. The maximum Gasteiger partial charge on any atom is 0.411 e. The van der Waals surface area contributed by atoms with Gasteiger partial charge >= 0.3 is 17.7 Å². The Labute approximate surface area is 151 Å². The maximum absolute atomic E-state index is 12.4. The number of para-hydroxylation sites is 2. The van der Waals surface area contributed by atoms with Gasteiger partial charge in [-0.25, -0.2) is 9.59 Å². The number of nitro benzene ring substituents is 1. The standard InChI is InChI=1S/C17H22N2O7/c1-17(2,3)26-16(21)18-10-11(9-13(18)15(20)24-4)25-14-8-6-5-7-12(14)19(22)23/h5-8,11,13H,9-10H2,1-4H3/t11-,13-/m0/s1. The Morgan fingerprint density at radius 3 is 2.50 bits per heavy atom. The second kappa shape index (κ2) is 7.59. The van der Waals surface area contributed by atoms with Gasteiger partial charge in [0.25, 0.3) is 0 Å². The van der Waals surface area contributed by atoms with Crippen molar-refractivity contribution in [3.8, 4) is 5.75 Å². The number of rotatable bonds is 4. The molecule has 142 valence electrons. The molecule has 0 N–H and O–H groups in total. The minimum absolute atomic E-state index is 0.0563. The number of methoxy groups -OCH3 is 1. The number of hydrogen-bond donors (Lipinski definition) is 0. The zero-order valence-electron chi connectivity index (χ0n) is 15.1. The van der Waals surface area contributed by atoms with Gasteiger partial charge in [-0.3, -0.25) is 15.0 Å². The second-order valence-corrected chi connectivity index (χ2v) is 6.87. The quantitative estimate of drug-likeness (QED) is 0.457. The fourth-order valence-electron chi connectivity index (χ4n) is 2.65. The van der Waals surface area contributed by atoms with E-state index >= 15 is 0 Å². The molecule has 0 unspecified atom stereocenters. The Morgan fingerprint density at radius 2 is 1.92 bits per heavy atom. The summed E-state index contributed by atoms with van der Waals surface area (Å²) in [5.41, 5.74) is -0.910. The van der Waals surface area contributed by atoms with Crippen molar-refractivity contribution in [2.45, 2.75) is 44.9 Å². The van der Waals surface area contributed by atoms with Crippen LogP contribution in [-0.4, -0.2) is 53.3 Å². The van der Waals surface area contributed by atoms with E-state index in [1.54, 1.807) is 26.8 Å². The number of carbonyl (C=O) groups excluding carboxylic acids is 2. The molecule has 0 bridgehead atoms. The molecule has 1 aliphatic rings. The van der Waals surface area contributed by atoms with E-state index in [2.05, 4.69) is 0 Å². The van der Waals surface area contributed by atoms with Gasteiger partial charge in [0.15, 0.2) is 5.75 Å². The van der Waals surface area contributed by atoms with E-state index in [1.807, 2.05) is 0 Å². The summed E-state index contributed by atoms with van der Waals surface area (Å²) < 4.78 is 15.8. The number of nitrogens with zero attached hydrogens (tertiary/aromatic N) is 2. The van der Waals surface area contributed by atoms with E-state index < -0.39 is 34.7 Å². The van der Waals surface area contributed by atoms with Gasteiger partial charge in [0.1, 0.15) is 17.7 Å². The van der Waals surface area contributed by atoms with Crippen LogP contribution in [0.25, 0.3) is 0 Å². The van der Waals surface area contributed by atoms with Crippen molar-refractivity contribution in [2.24, 2.45) is 0 Å². The smallest absolute Gasteiger partial charge is 0.411 e. The Hall–Kier alpha value is -2.84. The van der Waals surface area contributed by atoms with Gasteiger partial charge in [0, 0.05) is 12.5 Å². The number of likely N-dealkylation sites (tertiary alicyclic amines) is 1. The summed E-state index contributed by atoms with van der Waals surface area (Å²) in [7, 11) is 1.23. The third-order valence-electron chi connectivity index (χ3n) is 3.72. The molecule has 0 spiro atoms. The highest BCUT2D eigenvalue weighted by atomic mass is 16.6. The molecule has 1 aliphatic heterocycles. The average Bonchev–Trinajstić information content (AvgIpc) is 2.97. The van der Waals surface area contributed by atoms with Crippen LogP contribution in [0.15, 0.2) is 24.3 Å². The first-order valence-electron chi connectivity index (χ1n) is 8.10. The summed E-state index contributed by atoms with van der Waals surface area (Å²) in [4.78, 5) is 36.2. The SMILES string of the molecule is COC(=O)[C@@H]1C[C@H](Oc2ccccc2[N+](=O)[O-])CN1C(=O)OC(C)(C)C. The van der Waals surface area contributed by atoms with Crippen LogP contribution in [-0.2, 0) is 14.3 Å². The number of benzene rings is 1. The Balaban J connectivity index is 2.19. The molecule has 0 radical (unpaired) electrons. The van der Waals surface area contributed by atoms with Crippen LogP contribution >= 0.6 is 0 Å². The van der Waals surface area contributed by atoms with Crippen molar-refractivity contribution >= 4 is 17.7 Å². The molecule has 0 aromatic heterocycles. The van der Waals surface area contributed by atoms with E-state index in [4.69, 9.17) is 14.2 Å². The Morgan fingerprint density at radius 1 is 1.27 bits per heavy atom. The molecule has 0 aliphatic carbocycles. The van der Waals surface area contributed by atoms with Crippen molar-refractivity contribution in [3.63, 3.8) is 0 Å². The van der Waals surface area contributed by atoms with Crippen LogP contribution in [0.1, 0.15) is 27.2 Å². The summed E-state index contributed by atoms with van der Waals surface area (Å²) in [5.74, 6) is -0.512. The van der Waals surface area contributed by atoms with Gasteiger partial charge in [0.2, 0.25) is 0 Å². The number of ether oxygens (including phenoxy) is 3. The van der Waals surface area contributed by atoms with Crippen LogP contribution in [0.5, 0.6) is 5.75 Å². The number of hydrogen-bond acceptors (Lipinski definition) is 7. The molecule has 2 atom stereocenters. The lowest BCUT2D eigenvalue weighted by Crippen LogP contribution is -2.44. The van der Waals surface area contributed by atoms with Crippen molar-refractivity contribution in [3.05, 3.63) is 34.4 Å². The Kier molecular flexibility index (Phi) is 5.69. The Bertz CT molecular complexity index is 699. The normalized spacial score (nSPS) is 19.8. The highest BCUT2D eigenvalue weighted by Gasteiger charge is 2.43. The van der Waals surface area contributed by atoms with Crippen LogP contribution in [0, 0.1) is 10.1 Å². The average molecular weight is 366 g/mol. The molecule has 1 heterocycles. The lowest BCUT2D eigenvalue weighted by Gasteiger charge is -2.27. The zero-order chi connectivity index (χ0) is 19.5. The lowest BCUT2D eigenvalue weighted by atomic mass is 10.2. The summed E-state index contributed by atoms with van der Waals surface area (Å²) >= 11 is 0. The van der Waals surface area contributed by atoms with Crippen LogP contribution in [0.2, 0.25) is 0 Å². The number of amides is 1. The molecule has 0 saturated carbocycles. The number of esters is 1. The third-order valence-corrected chi connectivity index (χ3v) is 3.72. The maximum atomic E-state index is 12.4. The molecule has 1 amide bonds. The highest BCUT2D eigenvalue weighted by molar-refractivity contribution is 5.82. The monoisotopic (exact) mass is 366 g/mol. The van der Waals surface area contributed by atoms with Crippen LogP contribution < -0.4 is 4.74 Å². The first-order chi connectivity index (χ1) is 12.1. The number of nitro groups is 1. The molecular weight excluding hydrogens is 344 g/mol. The van der Waals surface area contributed by atoms with E-state index in [0.717, 1.165) is 0 Å². The molecular formula is C17H22N2O7. The third kappa shape index (κ3) is 4.62. The first kappa shape index (κ1) is 19.5. The van der Waals surface area contributed by atoms with Crippen molar-refractivity contribution < 1.29 is 28.7 Å². The summed E-state index contributed by atoms with van der Waals surface area (Å²) in [6.07, 6.45) is -1.12. The fourth-order valence-corrected chi connectivity index (χ4v) is 2.65. The van der Waals surface area contributed by atoms with Gasteiger partial charge in [-0.1, -0.05) is 12.1 Å². The molecule has 9 nitrogen and oxygen atoms in total. The largest absolute Gasteiger partial charge is 0.482 e. The summed E-state index contributed by atoms with van der Waals surface area (Å²) in [6.45, 7) is 5.21. The lowest BCUT2D eigenvalue weighted by molar-refractivity contribution is -0.386. The fraction of sp³-hybridized carbons (Fsp3) is 0.529. The molecule has 1 aromatic rings. The summed E-state index contributed by atoms with van der Waals surface area (Å²) in [5, 5.41) is 11.1. The molecule has 9 heteroatoms. The van der Waals surface area contributed by atoms with E-state index in [-0.39, 0.29) is 24.4 Å². The van der Waals surface area contributed by atoms with Gasteiger partial charge < -0.3 is 14.2 Å². The van der Waals surface area contributed by atoms with Crippen molar-refractivity contribution in [1.29, 1.82) is 0 Å². The van der Waals surface area contributed by atoms with Crippen molar-refractivity contribution in [2.75, 3.05) is 13.7 Å². The van der Waals surface area contributed by atoms with Gasteiger partial charge in [-0.15, -0.1) is 0 Å². The first-order valence-corrected chi connectivity index (χ1v) is 8.10. The predicted molar refractivity (Wildman–Crippen MR) is 90.9 cm³/mol. The topological polar surface area (TPSA) is 108 Å². The molecule has 1 saturated heterocycles. The van der Waals surface area contributed by atoms with E-state index in [9.17, 15) is 19.7 Å². The zero-order valence-corrected chi connectivity index (χ0v) is 15.1. The molecule has 1 aromatic carbocycles. The molecule has 1 fully saturated rings. The minimum Gasteiger partial charge on any atom is -0.482 e. The minimum atomic E-state index is -0.873. The van der Waals surface area contributed by atoms with Gasteiger partial charge in [-0.2, -0.15) is 0 Å². The number of carbonyl (C=O) groups is 2. The van der Waals surface area contributed by atoms with Gasteiger partial charge in [-0.05, 0) is 26.8 Å². The van der Waals surface area contributed by atoms with Crippen LogP contribution in [0.3, 0.4) is 0 Å².